The van der Waals surface area contributed by atoms with Crippen molar-refractivity contribution in [2.45, 2.75) is 30.5 Å². The number of Topliss-reactive ketones (excluding diaryl/α,β-unsaturated/α-hetero) is 1. The van der Waals surface area contributed by atoms with Gasteiger partial charge in [-0.05, 0) is 49.9 Å². The number of carbonyl (C=O) groups excluding carboxylic acids is 1. The quantitative estimate of drug-likeness (QED) is 0.644. The van der Waals surface area contributed by atoms with E-state index in [1.165, 1.54) is 12.1 Å². The van der Waals surface area contributed by atoms with Crippen LogP contribution in [0, 0.1) is 0 Å². The lowest BCUT2D eigenvalue weighted by Gasteiger charge is -2.17. The minimum atomic E-state index is -4.42. The molecule has 2 nitrogen and oxygen atoms in total. The molecule has 0 fully saturated rings. The first-order valence-electron chi connectivity index (χ1n) is 7.93. The van der Waals surface area contributed by atoms with Crippen LogP contribution in [0.15, 0.2) is 53.4 Å². The summed E-state index contributed by atoms with van der Waals surface area (Å²) in [5.74, 6) is 0.147. The van der Waals surface area contributed by atoms with Gasteiger partial charge in [0.05, 0.1) is 11.1 Å². The molecule has 0 spiro atoms. The zero-order chi connectivity index (χ0) is 19.1. The first-order chi connectivity index (χ1) is 12.1. The molecule has 0 aliphatic carbocycles. The number of benzene rings is 2. The van der Waals surface area contributed by atoms with E-state index >= 15 is 0 Å². The molecule has 0 aromatic heterocycles. The Morgan fingerprint density at radius 3 is 1.96 bits per heavy atom. The van der Waals surface area contributed by atoms with Crippen molar-refractivity contribution in [3.05, 3.63) is 65.2 Å². The summed E-state index contributed by atoms with van der Waals surface area (Å²) in [6.45, 7) is 3.31. The van der Waals surface area contributed by atoms with Gasteiger partial charge in [-0.3, -0.25) is 4.79 Å². The molecule has 6 heteroatoms. The SMILES string of the molecule is CSc1ccc(C2=C(c3ccc(C(F)(F)F)cc3)C(=O)C(C)(C)O2)cc1. The summed E-state index contributed by atoms with van der Waals surface area (Å²) in [7, 11) is 0. The molecule has 0 bridgehead atoms. The molecule has 2 aromatic rings. The Labute approximate surface area is 154 Å². The highest BCUT2D eigenvalue weighted by molar-refractivity contribution is 7.98. The second-order valence-electron chi connectivity index (χ2n) is 6.45. The van der Waals surface area contributed by atoms with E-state index < -0.39 is 17.3 Å². The Hall–Kier alpha value is -2.21. The van der Waals surface area contributed by atoms with Gasteiger partial charge in [-0.25, -0.2) is 0 Å². The molecule has 136 valence electrons. The van der Waals surface area contributed by atoms with Crippen molar-refractivity contribution >= 4 is 28.9 Å². The van der Waals surface area contributed by atoms with Crippen molar-refractivity contribution in [2.24, 2.45) is 0 Å². The van der Waals surface area contributed by atoms with Gasteiger partial charge in [-0.15, -0.1) is 11.8 Å². The Balaban J connectivity index is 2.10. The minimum Gasteiger partial charge on any atom is -0.478 e. The number of carbonyl (C=O) groups is 1. The maximum absolute atomic E-state index is 12.8. The zero-order valence-electron chi connectivity index (χ0n) is 14.5. The number of thioether (sulfide) groups is 1. The van der Waals surface area contributed by atoms with Crippen LogP contribution in [0.25, 0.3) is 11.3 Å². The van der Waals surface area contributed by atoms with Crippen molar-refractivity contribution in [2.75, 3.05) is 6.26 Å². The molecule has 0 N–H and O–H groups in total. The average molecular weight is 378 g/mol. The van der Waals surface area contributed by atoms with E-state index in [1.54, 1.807) is 25.6 Å². The lowest BCUT2D eigenvalue weighted by atomic mass is 9.92. The highest BCUT2D eigenvalue weighted by atomic mass is 32.2. The number of alkyl halides is 3. The van der Waals surface area contributed by atoms with Gasteiger partial charge in [-0.1, -0.05) is 24.3 Å². The van der Waals surface area contributed by atoms with E-state index in [0.717, 1.165) is 22.6 Å². The van der Waals surface area contributed by atoms with Crippen LogP contribution >= 0.6 is 11.8 Å². The molecule has 0 unspecified atom stereocenters. The predicted octanol–water partition coefficient (Wildman–Crippen LogP) is 5.67. The molecule has 3 rings (SSSR count). The summed E-state index contributed by atoms with van der Waals surface area (Å²) in [4.78, 5) is 13.9. The summed E-state index contributed by atoms with van der Waals surface area (Å²) in [6.07, 6.45) is -2.46. The molecule has 0 saturated heterocycles. The fraction of sp³-hybridized carbons (Fsp3) is 0.250. The Morgan fingerprint density at radius 2 is 1.46 bits per heavy atom. The van der Waals surface area contributed by atoms with Gasteiger partial charge in [0.15, 0.2) is 5.60 Å². The van der Waals surface area contributed by atoms with Crippen molar-refractivity contribution < 1.29 is 22.7 Å². The number of ketones is 1. The van der Waals surface area contributed by atoms with Gasteiger partial charge >= 0.3 is 6.18 Å². The van der Waals surface area contributed by atoms with Gasteiger partial charge in [0, 0.05) is 10.5 Å². The van der Waals surface area contributed by atoms with Crippen molar-refractivity contribution in [1.82, 2.24) is 0 Å². The van der Waals surface area contributed by atoms with E-state index in [9.17, 15) is 18.0 Å². The van der Waals surface area contributed by atoms with Crippen LogP contribution < -0.4 is 0 Å². The van der Waals surface area contributed by atoms with Crippen LogP contribution in [0.3, 0.4) is 0 Å². The van der Waals surface area contributed by atoms with E-state index in [-0.39, 0.29) is 5.78 Å². The smallest absolute Gasteiger partial charge is 0.416 e. The van der Waals surface area contributed by atoms with Gasteiger partial charge in [0.25, 0.3) is 0 Å². The summed E-state index contributed by atoms with van der Waals surface area (Å²) >= 11 is 1.59. The summed E-state index contributed by atoms with van der Waals surface area (Å²) in [6, 6.07) is 12.1. The minimum absolute atomic E-state index is 0.249. The molecule has 0 atom stereocenters. The zero-order valence-corrected chi connectivity index (χ0v) is 15.3. The summed E-state index contributed by atoms with van der Waals surface area (Å²) in [5, 5.41) is 0. The highest BCUT2D eigenvalue weighted by Crippen LogP contribution is 2.42. The lowest BCUT2D eigenvalue weighted by molar-refractivity contribution is -0.137. The monoisotopic (exact) mass is 378 g/mol. The Morgan fingerprint density at radius 1 is 0.923 bits per heavy atom. The topological polar surface area (TPSA) is 26.3 Å². The molecule has 1 aliphatic rings. The Bertz CT molecular complexity index is 863. The van der Waals surface area contributed by atoms with E-state index in [0.29, 0.717) is 16.9 Å². The van der Waals surface area contributed by atoms with Crippen molar-refractivity contribution in [3.63, 3.8) is 0 Å². The van der Waals surface area contributed by atoms with Crippen LogP contribution in [-0.4, -0.2) is 17.6 Å². The van der Waals surface area contributed by atoms with Crippen LogP contribution in [-0.2, 0) is 15.7 Å². The summed E-state index contributed by atoms with van der Waals surface area (Å²) < 4.78 is 44.3. The maximum Gasteiger partial charge on any atom is 0.416 e. The fourth-order valence-electron chi connectivity index (χ4n) is 2.79. The third-order valence-electron chi connectivity index (χ3n) is 4.21. The normalized spacial score (nSPS) is 16.8. The first kappa shape index (κ1) is 18.6. The molecule has 1 aliphatic heterocycles. The van der Waals surface area contributed by atoms with Gasteiger partial charge in [0.2, 0.25) is 5.78 Å². The van der Waals surface area contributed by atoms with E-state index in [1.807, 2.05) is 30.5 Å². The fourth-order valence-corrected chi connectivity index (χ4v) is 3.20. The number of halogens is 3. The number of hydrogen-bond acceptors (Lipinski definition) is 3. The van der Waals surface area contributed by atoms with Crippen LogP contribution in [0.4, 0.5) is 13.2 Å². The molecule has 2 aromatic carbocycles. The maximum atomic E-state index is 12.8. The third kappa shape index (κ3) is 3.38. The molecule has 0 amide bonds. The van der Waals surface area contributed by atoms with Gasteiger partial charge < -0.3 is 4.74 Å². The second-order valence-corrected chi connectivity index (χ2v) is 7.33. The van der Waals surface area contributed by atoms with E-state index in [2.05, 4.69) is 0 Å². The molecular formula is C20H17F3O2S. The number of ether oxygens (including phenoxy) is 1. The Kier molecular flexibility index (Phi) is 4.65. The van der Waals surface area contributed by atoms with Crippen LogP contribution in [0.5, 0.6) is 0 Å². The van der Waals surface area contributed by atoms with Gasteiger partial charge in [0.1, 0.15) is 5.76 Å². The van der Waals surface area contributed by atoms with Gasteiger partial charge in [-0.2, -0.15) is 13.2 Å². The largest absolute Gasteiger partial charge is 0.478 e. The average Bonchev–Trinajstić information content (AvgIpc) is 2.84. The molecule has 0 saturated carbocycles. The highest BCUT2D eigenvalue weighted by Gasteiger charge is 2.43. The van der Waals surface area contributed by atoms with Crippen molar-refractivity contribution in [1.29, 1.82) is 0 Å². The predicted molar refractivity (Wildman–Crippen MR) is 96.7 cm³/mol. The molecule has 26 heavy (non-hydrogen) atoms. The number of rotatable bonds is 3. The van der Waals surface area contributed by atoms with Crippen LogP contribution in [0.2, 0.25) is 0 Å². The standard InChI is InChI=1S/C20H17F3O2S/c1-19(2)18(24)16(12-4-8-14(9-5-12)20(21,22)23)17(25-19)13-6-10-15(26-3)11-7-13/h4-11H,1-3H3. The molecule has 0 radical (unpaired) electrons. The number of hydrogen-bond donors (Lipinski definition) is 0. The molecule has 1 heterocycles. The first-order valence-corrected chi connectivity index (χ1v) is 9.16. The van der Waals surface area contributed by atoms with Crippen molar-refractivity contribution in [3.8, 4) is 0 Å². The summed E-state index contributed by atoms with van der Waals surface area (Å²) in [5.41, 5.74) is -0.376. The lowest BCUT2D eigenvalue weighted by Crippen LogP contribution is -2.29. The third-order valence-corrected chi connectivity index (χ3v) is 4.95. The van der Waals surface area contributed by atoms with Crippen LogP contribution in [0.1, 0.15) is 30.5 Å². The van der Waals surface area contributed by atoms with E-state index in [4.69, 9.17) is 4.74 Å². The molecular weight excluding hydrogens is 361 g/mol. The second kappa shape index (κ2) is 6.50.